The van der Waals surface area contributed by atoms with Gasteiger partial charge in [0.25, 0.3) is 0 Å². The summed E-state index contributed by atoms with van der Waals surface area (Å²) < 4.78 is 6.86. The van der Waals surface area contributed by atoms with Crippen LogP contribution in [0.15, 0.2) is 54.6 Å². The molecule has 0 aliphatic carbocycles. The first-order valence-corrected chi connectivity index (χ1v) is 10.1. The molecule has 3 amide bonds. The lowest BCUT2D eigenvalue weighted by atomic mass is 10.0. The van der Waals surface area contributed by atoms with Crippen LogP contribution in [0.2, 0.25) is 0 Å². The van der Waals surface area contributed by atoms with Crippen LogP contribution in [0.1, 0.15) is 25.1 Å². The molecule has 164 valence electrons. The quantitative estimate of drug-likeness (QED) is 0.552. The van der Waals surface area contributed by atoms with Crippen LogP contribution >= 0.6 is 0 Å². The Morgan fingerprint density at radius 1 is 1.09 bits per heavy atom. The average molecular weight is 433 g/mol. The highest BCUT2D eigenvalue weighted by atomic mass is 16.5. The van der Waals surface area contributed by atoms with Gasteiger partial charge in [-0.15, -0.1) is 0 Å². The van der Waals surface area contributed by atoms with Crippen LogP contribution < -0.4 is 16.0 Å². The van der Waals surface area contributed by atoms with Crippen LogP contribution in [0.4, 0.5) is 17.2 Å². The molecule has 0 bridgehead atoms. The monoisotopic (exact) mass is 433 g/mol. The molecule has 2 heterocycles. The van der Waals surface area contributed by atoms with Crippen molar-refractivity contribution in [2.24, 2.45) is 0 Å². The fraction of sp³-hybridized carbons (Fsp3) is 0.217. The highest BCUT2D eigenvalue weighted by Gasteiger charge is 2.35. The molecule has 0 saturated heterocycles. The molecular weight excluding hydrogens is 410 g/mol. The minimum absolute atomic E-state index is 0.0366. The Bertz CT molecular complexity index is 1160. The number of fused-ring (bicyclic) bond motifs is 1. The predicted molar refractivity (Wildman–Crippen MR) is 120 cm³/mol. The number of nitrogens with one attached hydrogen (secondary N) is 3. The zero-order chi connectivity index (χ0) is 22.7. The standard InChI is InChI=1S/C23H23N5O4/c1-14(29)24-16-8-10-17(11-9-16)25-23(31)19-12-20(30)26-22-21(15-6-4-3-5-7-15)18(13-32-2)27-28(19)22/h3-11,19H,12-13H2,1-2H3,(H,24,29)(H,25,31)(H,26,30)/t19-/m1/s1. The zero-order valence-electron chi connectivity index (χ0n) is 17.7. The number of rotatable bonds is 6. The van der Waals surface area contributed by atoms with Crippen LogP contribution in [0.5, 0.6) is 0 Å². The summed E-state index contributed by atoms with van der Waals surface area (Å²) in [6, 6.07) is 15.5. The van der Waals surface area contributed by atoms with E-state index in [0.717, 1.165) is 11.1 Å². The number of anilines is 3. The molecule has 3 aromatic rings. The number of hydrogen-bond acceptors (Lipinski definition) is 5. The van der Waals surface area contributed by atoms with E-state index in [2.05, 4.69) is 21.0 Å². The largest absolute Gasteiger partial charge is 0.378 e. The van der Waals surface area contributed by atoms with E-state index in [-0.39, 0.29) is 30.7 Å². The first-order chi connectivity index (χ1) is 15.5. The first kappa shape index (κ1) is 21.3. The Balaban J connectivity index is 1.65. The number of hydrogen-bond donors (Lipinski definition) is 3. The van der Waals surface area contributed by atoms with Crippen molar-refractivity contribution in [3.63, 3.8) is 0 Å². The van der Waals surface area contributed by atoms with E-state index in [9.17, 15) is 14.4 Å². The molecule has 2 aromatic carbocycles. The maximum Gasteiger partial charge on any atom is 0.249 e. The lowest BCUT2D eigenvalue weighted by molar-refractivity contribution is -0.125. The number of ether oxygens (including phenoxy) is 1. The predicted octanol–water partition coefficient (Wildman–Crippen LogP) is 3.18. The fourth-order valence-electron chi connectivity index (χ4n) is 3.69. The summed E-state index contributed by atoms with van der Waals surface area (Å²) in [7, 11) is 1.57. The Labute approximate surface area is 184 Å². The van der Waals surface area contributed by atoms with Gasteiger partial charge >= 0.3 is 0 Å². The smallest absolute Gasteiger partial charge is 0.249 e. The third-order valence-electron chi connectivity index (χ3n) is 5.03. The van der Waals surface area contributed by atoms with Crippen molar-refractivity contribution in [1.82, 2.24) is 9.78 Å². The Morgan fingerprint density at radius 3 is 2.38 bits per heavy atom. The molecule has 3 N–H and O–H groups in total. The summed E-state index contributed by atoms with van der Waals surface area (Å²) in [6.45, 7) is 1.66. The van der Waals surface area contributed by atoms with Crippen molar-refractivity contribution in [3.05, 3.63) is 60.3 Å². The summed E-state index contributed by atoms with van der Waals surface area (Å²) in [5.74, 6) is -0.331. The van der Waals surface area contributed by atoms with Gasteiger partial charge in [-0.3, -0.25) is 14.4 Å². The first-order valence-electron chi connectivity index (χ1n) is 10.1. The summed E-state index contributed by atoms with van der Waals surface area (Å²) in [4.78, 5) is 36.8. The maximum atomic E-state index is 13.1. The lowest BCUT2D eigenvalue weighted by Crippen LogP contribution is -2.35. The van der Waals surface area contributed by atoms with Gasteiger partial charge in [-0.2, -0.15) is 5.10 Å². The number of methoxy groups -OCH3 is 1. The molecule has 32 heavy (non-hydrogen) atoms. The van der Waals surface area contributed by atoms with Crippen molar-refractivity contribution < 1.29 is 19.1 Å². The molecule has 1 atom stereocenters. The Hall–Kier alpha value is -3.98. The molecule has 4 rings (SSSR count). The second-order valence-corrected chi connectivity index (χ2v) is 7.43. The van der Waals surface area contributed by atoms with Gasteiger partial charge in [0, 0.05) is 31.0 Å². The van der Waals surface area contributed by atoms with E-state index in [1.54, 1.807) is 36.1 Å². The average Bonchev–Trinajstić information content (AvgIpc) is 3.12. The van der Waals surface area contributed by atoms with Crippen LogP contribution in [0.3, 0.4) is 0 Å². The second kappa shape index (κ2) is 9.03. The number of benzene rings is 2. The number of carbonyl (C=O) groups is 3. The molecule has 9 heteroatoms. The third-order valence-corrected chi connectivity index (χ3v) is 5.03. The van der Waals surface area contributed by atoms with Gasteiger partial charge in [0.15, 0.2) is 0 Å². The molecular formula is C23H23N5O4. The molecule has 9 nitrogen and oxygen atoms in total. The topological polar surface area (TPSA) is 114 Å². The third kappa shape index (κ3) is 4.37. The van der Waals surface area contributed by atoms with Gasteiger partial charge in [-0.25, -0.2) is 4.68 Å². The van der Waals surface area contributed by atoms with Crippen molar-refractivity contribution >= 4 is 34.9 Å². The van der Waals surface area contributed by atoms with Gasteiger partial charge in [0.1, 0.15) is 11.9 Å². The minimum Gasteiger partial charge on any atom is -0.378 e. The highest BCUT2D eigenvalue weighted by molar-refractivity contribution is 6.03. The van der Waals surface area contributed by atoms with E-state index in [4.69, 9.17) is 4.74 Å². The van der Waals surface area contributed by atoms with Crippen LogP contribution in [-0.4, -0.2) is 34.6 Å². The molecule has 0 fully saturated rings. The molecule has 0 radical (unpaired) electrons. The van der Waals surface area contributed by atoms with Gasteiger partial charge in [-0.05, 0) is 29.8 Å². The van der Waals surface area contributed by atoms with Gasteiger partial charge in [0.05, 0.1) is 18.7 Å². The fourth-order valence-corrected chi connectivity index (χ4v) is 3.69. The van der Waals surface area contributed by atoms with Gasteiger partial charge in [-0.1, -0.05) is 30.3 Å². The SMILES string of the molecule is COCc1nn2c(c1-c1ccccc1)NC(=O)C[C@@H]2C(=O)Nc1ccc(NC(C)=O)cc1. The number of carbonyl (C=O) groups excluding carboxylic acids is 3. The minimum atomic E-state index is -0.818. The van der Waals surface area contributed by atoms with E-state index in [1.165, 1.54) is 6.92 Å². The van der Waals surface area contributed by atoms with Crippen LogP contribution in [-0.2, 0) is 25.7 Å². The molecule has 0 saturated carbocycles. The highest BCUT2D eigenvalue weighted by Crippen LogP contribution is 2.37. The van der Waals surface area contributed by atoms with Crippen molar-refractivity contribution in [2.45, 2.75) is 26.0 Å². The molecule has 1 aliphatic heterocycles. The zero-order valence-corrected chi connectivity index (χ0v) is 17.7. The molecule has 1 aliphatic rings. The maximum absolute atomic E-state index is 13.1. The van der Waals surface area contributed by atoms with E-state index in [0.29, 0.717) is 22.9 Å². The summed E-state index contributed by atoms with van der Waals surface area (Å²) in [6.07, 6.45) is -0.0366. The number of nitrogens with zero attached hydrogens (tertiary/aromatic N) is 2. The summed E-state index contributed by atoms with van der Waals surface area (Å²) >= 11 is 0. The number of amides is 3. The summed E-state index contributed by atoms with van der Waals surface area (Å²) in [5.41, 5.74) is 3.41. The van der Waals surface area contributed by atoms with Crippen molar-refractivity contribution in [1.29, 1.82) is 0 Å². The molecule has 0 unspecified atom stereocenters. The Kier molecular flexibility index (Phi) is 6.00. The van der Waals surface area contributed by atoms with Crippen molar-refractivity contribution in [2.75, 3.05) is 23.1 Å². The summed E-state index contributed by atoms with van der Waals surface area (Å²) in [5, 5.41) is 13.0. The Morgan fingerprint density at radius 2 is 1.75 bits per heavy atom. The van der Waals surface area contributed by atoms with E-state index >= 15 is 0 Å². The number of aromatic nitrogens is 2. The second-order valence-electron chi connectivity index (χ2n) is 7.43. The van der Waals surface area contributed by atoms with Gasteiger partial charge in [0.2, 0.25) is 17.7 Å². The molecule has 1 aromatic heterocycles. The van der Waals surface area contributed by atoms with Crippen molar-refractivity contribution in [3.8, 4) is 11.1 Å². The normalized spacial score (nSPS) is 14.9. The lowest BCUT2D eigenvalue weighted by Gasteiger charge is -2.24. The van der Waals surface area contributed by atoms with Crippen LogP contribution in [0.25, 0.3) is 11.1 Å². The van der Waals surface area contributed by atoms with E-state index in [1.807, 2.05) is 30.3 Å². The van der Waals surface area contributed by atoms with E-state index < -0.39 is 6.04 Å². The van der Waals surface area contributed by atoms with Gasteiger partial charge < -0.3 is 20.7 Å². The van der Waals surface area contributed by atoms with Crippen LogP contribution in [0, 0.1) is 0 Å². The molecule has 0 spiro atoms.